The average Bonchev–Trinajstić information content (AvgIpc) is 3.12. The Morgan fingerprint density at radius 2 is 1.88 bits per heavy atom. The lowest BCUT2D eigenvalue weighted by atomic mass is 9.79. The summed E-state index contributed by atoms with van der Waals surface area (Å²) in [6, 6.07) is 0.307. The van der Waals surface area contributed by atoms with Gasteiger partial charge in [-0.05, 0) is 57.3 Å². The third kappa shape index (κ3) is 5.16. The van der Waals surface area contributed by atoms with E-state index >= 15 is 0 Å². The van der Waals surface area contributed by atoms with Gasteiger partial charge in [0.25, 0.3) is 0 Å². The highest BCUT2D eigenvalue weighted by Crippen LogP contribution is 2.34. The van der Waals surface area contributed by atoms with Gasteiger partial charge in [0.1, 0.15) is 9.84 Å². The third-order valence-corrected chi connectivity index (χ3v) is 7.97. The molecule has 3 rings (SSSR count). The summed E-state index contributed by atoms with van der Waals surface area (Å²) in [5, 5.41) is 7.23. The predicted molar refractivity (Wildman–Crippen MR) is 98.3 cm³/mol. The van der Waals surface area contributed by atoms with Crippen LogP contribution in [0.15, 0.2) is 0 Å². The predicted octanol–water partition coefficient (Wildman–Crippen LogP) is 1.45. The summed E-state index contributed by atoms with van der Waals surface area (Å²) in [5.41, 5.74) is 0. The van der Waals surface area contributed by atoms with Crippen LogP contribution in [0.25, 0.3) is 0 Å². The maximum absolute atomic E-state index is 11.8. The topological polar surface area (TPSA) is 76.7 Å². The molecular formula is C18H34N2O4S. The standard InChI is InChI=1S/C18H34N2O4S/c1-23-16-9-10-17(19-12-14-4-3-11-24-14)20-18(16)13-5-7-15(8-6-13)25(2,21)22/h13-20H,3-12H2,1-2H3. The summed E-state index contributed by atoms with van der Waals surface area (Å²) >= 11 is 0. The second-order valence-electron chi connectivity index (χ2n) is 8.01. The van der Waals surface area contributed by atoms with Gasteiger partial charge in [0.2, 0.25) is 0 Å². The SMILES string of the molecule is COC1CCC(NCC2CCCO2)NC1C1CCC(S(C)(=O)=O)CC1. The van der Waals surface area contributed by atoms with Crippen molar-refractivity contribution in [3.05, 3.63) is 0 Å². The van der Waals surface area contributed by atoms with Crippen LogP contribution in [0, 0.1) is 5.92 Å². The molecule has 4 unspecified atom stereocenters. The van der Waals surface area contributed by atoms with Gasteiger partial charge in [0.05, 0.1) is 23.6 Å². The lowest BCUT2D eigenvalue weighted by Gasteiger charge is -2.43. The van der Waals surface area contributed by atoms with Crippen molar-refractivity contribution in [2.45, 2.75) is 81.0 Å². The summed E-state index contributed by atoms with van der Waals surface area (Å²) in [7, 11) is -1.11. The van der Waals surface area contributed by atoms with Crippen molar-refractivity contribution in [3.8, 4) is 0 Å². The van der Waals surface area contributed by atoms with Crippen LogP contribution in [0.5, 0.6) is 0 Å². The molecule has 25 heavy (non-hydrogen) atoms. The van der Waals surface area contributed by atoms with Gasteiger partial charge in [0, 0.05) is 32.6 Å². The van der Waals surface area contributed by atoms with Crippen LogP contribution in [-0.4, -0.2) is 64.6 Å². The van der Waals surface area contributed by atoms with E-state index in [4.69, 9.17) is 9.47 Å². The first kappa shape index (κ1) is 19.5. The van der Waals surface area contributed by atoms with Gasteiger partial charge in [-0.1, -0.05) is 0 Å². The average molecular weight is 375 g/mol. The third-order valence-electron chi connectivity index (χ3n) is 6.28. The quantitative estimate of drug-likeness (QED) is 0.733. The van der Waals surface area contributed by atoms with Crippen molar-refractivity contribution in [1.29, 1.82) is 0 Å². The summed E-state index contributed by atoms with van der Waals surface area (Å²) in [4.78, 5) is 0. The molecule has 1 aliphatic carbocycles. The minimum absolute atomic E-state index is 0.151. The van der Waals surface area contributed by atoms with Gasteiger partial charge >= 0.3 is 0 Å². The molecule has 0 spiro atoms. The van der Waals surface area contributed by atoms with Crippen molar-refractivity contribution >= 4 is 9.84 Å². The Labute approximate surface area is 152 Å². The zero-order chi connectivity index (χ0) is 17.9. The van der Waals surface area contributed by atoms with Crippen LogP contribution in [0.3, 0.4) is 0 Å². The molecule has 2 heterocycles. The Kier molecular flexibility index (Phi) is 6.77. The zero-order valence-corrected chi connectivity index (χ0v) is 16.4. The van der Waals surface area contributed by atoms with Gasteiger partial charge in [-0.15, -0.1) is 0 Å². The number of sulfone groups is 1. The van der Waals surface area contributed by atoms with Crippen molar-refractivity contribution in [1.82, 2.24) is 10.6 Å². The normalized spacial score (nSPS) is 40.2. The first-order valence-corrected chi connectivity index (χ1v) is 11.8. The van der Waals surface area contributed by atoms with Crippen LogP contribution in [0.2, 0.25) is 0 Å². The van der Waals surface area contributed by atoms with E-state index in [9.17, 15) is 8.42 Å². The maximum Gasteiger partial charge on any atom is 0.150 e. The highest BCUT2D eigenvalue weighted by Gasteiger charge is 2.38. The lowest BCUT2D eigenvalue weighted by Crippen LogP contribution is -2.60. The number of methoxy groups -OCH3 is 1. The smallest absolute Gasteiger partial charge is 0.150 e. The van der Waals surface area contributed by atoms with Crippen LogP contribution >= 0.6 is 0 Å². The molecule has 0 amide bonds. The minimum Gasteiger partial charge on any atom is -0.380 e. The van der Waals surface area contributed by atoms with E-state index in [0.717, 1.165) is 58.1 Å². The number of hydrogen-bond donors (Lipinski definition) is 2. The number of piperidine rings is 1. The second kappa shape index (κ2) is 8.65. The van der Waals surface area contributed by atoms with E-state index in [1.165, 1.54) is 12.7 Å². The number of nitrogens with one attached hydrogen (secondary N) is 2. The van der Waals surface area contributed by atoms with E-state index < -0.39 is 9.84 Å². The largest absolute Gasteiger partial charge is 0.380 e. The molecule has 3 fully saturated rings. The number of hydrogen-bond acceptors (Lipinski definition) is 6. The number of ether oxygens (including phenoxy) is 2. The molecule has 0 aromatic heterocycles. The van der Waals surface area contributed by atoms with Crippen LogP contribution in [-0.2, 0) is 19.3 Å². The monoisotopic (exact) mass is 374 g/mol. The van der Waals surface area contributed by atoms with E-state index in [-0.39, 0.29) is 11.4 Å². The molecule has 6 nitrogen and oxygen atoms in total. The molecule has 0 aromatic rings. The van der Waals surface area contributed by atoms with Crippen LogP contribution in [0.1, 0.15) is 51.4 Å². The van der Waals surface area contributed by atoms with Gasteiger partial charge in [-0.2, -0.15) is 0 Å². The van der Waals surface area contributed by atoms with E-state index in [0.29, 0.717) is 24.2 Å². The molecule has 3 aliphatic rings. The molecule has 4 atom stereocenters. The van der Waals surface area contributed by atoms with Gasteiger partial charge in [0.15, 0.2) is 0 Å². The van der Waals surface area contributed by atoms with Gasteiger partial charge in [-0.25, -0.2) is 8.42 Å². The molecular weight excluding hydrogens is 340 g/mol. The highest BCUT2D eigenvalue weighted by molar-refractivity contribution is 7.91. The van der Waals surface area contributed by atoms with E-state index in [1.807, 2.05) is 0 Å². The Bertz CT molecular complexity index is 513. The Hall–Kier alpha value is -0.210. The minimum atomic E-state index is -2.91. The van der Waals surface area contributed by atoms with Crippen molar-refractivity contribution in [2.24, 2.45) is 5.92 Å². The van der Waals surface area contributed by atoms with Gasteiger partial charge < -0.3 is 9.47 Å². The molecule has 1 saturated carbocycles. The molecule has 2 aliphatic heterocycles. The molecule has 146 valence electrons. The first-order valence-electron chi connectivity index (χ1n) is 9.80. The zero-order valence-electron chi connectivity index (χ0n) is 15.6. The fraction of sp³-hybridized carbons (Fsp3) is 1.00. The Balaban J connectivity index is 1.52. The molecule has 2 N–H and O–H groups in total. The second-order valence-corrected chi connectivity index (χ2v) is 10.3. The summed E-state index contributed by atoms with van der Waals surface area (Å²) in [6.45, 7) is 1.80. The fourth-order valence-electron chi connectivity index (χ4n) is 4.75. The summed E-state index contributed by atoms with van der Waals surface area (Å²) < 4.78 is 35.0. The van der Waals surface area contributed by atoms with E-state index in [1.54, 1.807) is 7.11 Å². The first-order chi connectivity index (χ1) is 12.0. The molecule has 0 bridgehead atoms. The lowest BCUT2D eigenvalue weighted by molar-refractivity contribution is 0.000317. The fourth-order valence-corrected chi connectivity index (χ4v) is 5.88. The van der Waals surface area contributed by atoms with E-state index in [2.05, 4.69) is 10.6 Å². The van der Waals surface area contributed by atoms with Crippen molar-refractivity contribution in [3.63, 3.8) is 0 Å². The molecule has 0 radical (unpaired) electrons. The Morgan fingerprint density at radius 1 is 1.12 bits per heavy atom. The van der Waals surface area contributed by atoms with Crippen LogP contribution in [0.4, 0.5) is 0 Å². The van der Waals surface area contributed by atoms with Gasteiger partial charge in [-0.3, -0.25) is 10.6 Å². The highest BCUT2D eigenvalue weighted by atomic mass is 32.2. The summed E-state index contributed by atoms with van der Waals surface area (Å²) in [6.07, 6.45) is 10.2. The Morgan fingerprint density at radius 3 is 2.48 bits per heavy atom. The summed E-state index contributed by atoms with van der Waals surface area (Å²) in [5.74, 6) is 0.496. The molecule has 2 saturated heterocycles. The van der Waals surface area contributed by atoms with Crippen LogP contribution < -0.4 is 10.6 Å². The maximum atomic E-state index is 11.8. The number of rotatable bonds is 6. The molecule has 7 heteroatoms. The molecule has 0 aromatic carbocycles. The van der Waals surface area contributed by atoms with Crippen molar-refractivity contribution in [2.75, 3.05) is 26.5 Å². The van der Waals surface area contributed by atoms with Crippen molar-refractivity contribution < 1.29 is 17.9 Å².